The zero-order valence-corrected chi connectivity index (χ0v) is 14.8. The molecule has 3 aromatic rings. The van der Waals surface area contributed by atoms with Crippen molar-refractivity contribution in [3.63, 3.8) is 0 Å². The fourth-order valence-corrected chi connectivity index (χ4v) is 3.79. The summed E-state index contributed by atoms with van der Waals surface area (Å²) in [5.41, 5.74) is 5.64. The maximum atomic E-state index is 13.5. The lowest BCUT2D eigenvalue weighted by Gasteiger charge is -2.34. The number of imidazole rings is 1. The lowest BCUT2D eigenvalue weighted by molar-refractivity contribution is 0.134. The second kappa shape index (κ2) is 6.60. The van der Waals surface area contributed by atoms with E-state index in [1.807, 2.05) is 0 Å². The Morgan fingerprint density at radius 2 is 2.00 bits per heavy atom. The van der Waals surface area contributed by atoms with Gasteiger partial charge >= 0.3 is 0 Å². The van der Waals surface area contributed by atoms with Crippen molar-refractivity contribution in [2.75, 3.05) is 6.54 Å². The van der Waals surface area contributed by atoms with Gasteiger partial charge in [-0.15, -0.1) is 0 Å². The summed E-state index contributed by atoms with van der Waals surface area (Å²) in [6.45, 7) is 6.32. The molecule has 1 aliphatic rings. The number of aromatic nitrogens is 2. The summed E-state index contributed by atoms with van der Waals surface area (Å²) >= 11 is 0. The first-order valence-corrected chi connectivity index (χ1v) is 9.05. The van der Waals surface area contributed by atoms with E-state index in [4.69, 9.17) is 4.98 Å². The minimum absolute atomic E-state index is 0.224. The van der Waals surface area contributed by atoms with Crippen LogP contribution in [0.3, 0.4) is 0 Å². The highest BCUT2D eigenvalue weighted by atomic mass is 19.1. The van der Waals surface area contributed by atoms with Gasteiger partial charge in [-0.2, -0.15) is 0 Å². The Morgan fingerprint density at radius 3 is 2.84 bits per heavy atom. The van der Waals surface area contributed by atoms with E-state index in [-0.39, 0.29) is 11.9 Å². The van der Waals surface area contributed by atoms with Crippen LogP contribution in [-0.4, -0.2) is 21.4 Å². The highest BCUT2D eigenvalue weighted by molar-refractivity contribution is 5.75. The third-order valence-electron chi connectivity index (χ3n) is 5.35. The van der Waals surface area contributed by atoms with Gasteiger partial charge < -0.3 is 4.98 Å². The van der Waals surface area contributed by atoms with Gasteiger partial charge in [0.1, 0.15) is 11.6 Å². The smallest absolute Gasteiger partial charge is 0.125 e. The third-order valence-corrected chi connectivity index (χ3v) is 5.35. The molecule has 0 bridgehead atoms. The molecule has 2 aromatic carbocycles. The summed E-state index contributed by atoms with van der Waals surface area (Å²) < 4.78 is 13.5. The first kappa shape index (κ1) is 16.3. The van der Waals surface area contributed by atoms with E-state index >= 15 is 0 Å². The van der Waals surface area contributed by atoms with E-state index in [1.165, 1.54) is 41.7 Å². The first-order chi connectivity index (χ1) is 12.1. The van der Waals surface area contributed by atoms with Crippen molar-refractivity contribution in [3.05, 3.63) is 64.7 Å². The number of H-pyrrole nitrogens is 1. The van der Waals surface area contributed by atoms with Gasteiger partial charge in [-0.1, -0.05) is 24.6 Å². The number of halogens is 1. The summed E-state index contributed by atoms with van der Waals surface area (Å²) in [5.74, 6) is 0.738. The Kier molecular flexibility index (Phi) is 4.30. The minimum atomic E-state index is -0.224. The van der Waals surface area contributed by atoms with Gasteiger partial charge in [-0.3, -0.25) is 4.90 Å². The summed E-state index contributed by atoms with van der Waals surface area (Å²) in [5, 5.41) is 0. The third kappa shape index (κ3) is 3.31. The standard InChI is InChI=1S/C21H24FN3/c1-14-6-7-16(11-15(14)2)13-25-10-4-3-5-20(25)21-23-18-9-8-17(22)12-19(18)24-21/h6-9,11-12,20H,3-5,10,13H2,1-2H3,(H,23,24)/t20-/m1/s1. The zero-order chi connectivity index (χ0) is 17.4. The average molecular weight is 337 g/mol. The molecule has 0 saturated carbocycles. The minimum Gasteiger partial charge on any atom is -0.341 e. The summed E-state index contributed by atoms with van der Waals surface area (Å²) in [6, 6.07) is 11.7. The topological polar surface area (TPSA) is 31.9 Å². The monoisotopic (exact) mass is 337 g/mol. The number of piperidine rings is 1. The second-order valence-corrected chi connectivity index (χ2v) is 7.18. The number of hydrogen-bond donors (Lipinski definition) is 1. The maximum absolute atomic E-state index is 13.5. The molecule has 0 unspecified atom stereocenters. The molecule has 0 amide bonds. The summed E-state index contributed by atoms with van der Waals surface area (Å²) in [7, 11) is 0. The van der Waals surface area contributed by atoms with Gasteiger partial charge in [0.15, 0.2) is 0 Å². The summed E-state index contributed by atoms with van der Waals surface area (Å²) in [4.78, 5) is 10.6. The first-order valence-electron chi connectivity index (χ1n) is 9.05. The van der Waals surface area contributed by atoms with E-state index in [9.17, 15) is 4.39 Å². The van der Waals surface area contributed by atoms with Gasteiger partial charge in [0.25, 0.3) is 0 Å². The SMILES string of the molecule is Cc1ccc(CN2CCCC[C@@H]2c2nc3ccc(F)cc3[nH]2)cc1C. The van der Waals surface area contributed by atoms with Crippen LogP contribution in [0.1, 0.15) is 47.8 Å². The van der Waals surface area contributed by atoms with E-state index in [0.29, 0.717) is 0 Å². The lowest BCUT2D eigenvalue weighted by Crippen LogP contribution is -2.33. The molecule has 1 fully saturated rings. The molecule has 0 aliphatic carbocycles. The predicted molar refractivity (Wildman–Crippen MR) is 99.0 cm³/mol. The van der Waals surface area contributed by atoms with Crippen LogP contribution in [0.4, 0.5) is 4.39 Å². The number of hydrogen-bond acceptors (Lipinski definition) is 2. The number of aryl methyl sites for hydroxylation is 2. The number of fused-ring (bicyclic) bond motifs is 1. The van der Waals surface area contributed by atoms with Crippen LogP contribution >= 0.6 is 0 Å². The molecule has 1 atom stereocenters. The molecule has 1 saturated heterocycles. The van der Waals surface area contributed by atoms with Crippen LogP contribution in [0.15, 0.2) is 36.4 Å². The number of nitrogens with one attached hydrogen (secondary N) is 1. The van der Waals surface area contributed by atoms with Gasteiger partial charge in [0.2, 0.25) is 0 Å². The zero-order valence-electron chi connectivity index (χ0n) is 14.8. The normalized spacial score (nSPS) is 18.8. The molecule has 130 valence electrons. The Hall–Kier alpha value is -2.20. The van der Waals surface area contributed by atoms with E-state index in [0.717, 1.165) is 36.4 Å². The fourth-order valence-electron chi connectivity index (χ4n) is 3.79. The van der Waals surface area contributed by atoms with Crippen molar-refractivity contribution in [1.29, 1.82) is 0 Å². The molecule has 0 spiro atoms. The van der Waals surface area contributed by atoms with Crippen molar-refractivity contribution in [3.8, 4) is 0 Å². The fraction of sp³-hybridized carbons (Fsp3) is 0.381. The number of aromatic amines is 1. The highest BCUT2D eigenvalue weighted by Gasteiger charge is 2.26. The van der Waals surface area contributed by atoms with Crippen LogP contribution in [0.25, 0.3) is 11.0 Å². The Bertz CT molecular complexity index is 899. The van der Waals surface area contributed by atoms with E-state index < -0.39 is 0 Å². The Balaban J connectivity index is 1.62. The van der Waals surface area contributed by atoms with Gasteiger partial charge in [-0.05, 0) is 68.1 Å². The van der Waals surface area contributed by atoms with Crippen LogP contribution in [-0.2, 0) is 6.54 Å². The molecular weight excluding hydrogens is 313 g/mol. The second-order valence-electron chi connectivity index (χ2n) is 7.18. The Labute approximate surface area is 147 Å². The molecule has 0 radical (unpaired) electrons. The van der Waals surface area contributed by atoms with Gasteiger partial charge in [0.05, 0.1) is 17.1 Å². The average Bonchev–Trinajstić information content (AvgIpc) is 3.01. The number of rotatable bonds is 3. The van der Waals surface area contributed by atoms with Crippen molar-refractivity contribution >= 4 is 11.0 Å². The van der Waals surface area contributed by atoms with Crippen molar-refractivity contribution in [2.45, 2.75) is 45.7 Å². The van der Waals surface area contributed by atoms with Crippen LogP contribution in [0, 0.1) is 19.7 Å². The molecule has 1 aliphatic heterocycles. The number of benzene rings is 2. The predicted octanol–water partition coefficient (Wildman–Crippen LogP) is 5.05. The van der Waals surface area contributed by atoms with Crippen LogP contribution in [0.5, 0.6) is 0 Å². The molecule has 25 heavy (non-hydrogen) atoms. The van der Waals surface area contributed by atoms with Crippen LogP contribution in [0.2, 0.25) is 0 Å². The molecule has 4 rings (SSSR count). The maximum Gasteiger partial charge on any atom is 0.125 e. The van der Waals surface area contributed by atoms with Crippen molar-refractivity contribution in [1.82, 2.24) is 14.9 Å². The molecule has 1 N–H and O–H groups in total. The quantitative estimate of drug-likeness (QED) is 0.725. The van der Waals surface area contributed by atoms with Crippen molar-refractivity contribution < 1.29 is 4.39 Å². The lowest BCUT2D eigenvalue weighted by atomic mass is 9.99. The van der Waals surface area contributed by atoms with Crippen LogP contribution < -0.4 is 0 Å². The Morgan fingerprint density at radius 1 is 1.12 bits per heavy atom. The van der Waals surface area contributed by atoms with Crippen molar-refractivity contribution in [2.24, 2.45) is 0 Å². The van der Waals surface area contributed by atoms with E-state index in [2.05, 4.69) is 41.9 Å². The molecule has 4 heteroatoms. The largest absolute Gasteiger partial charge is 0.341 e. The van der Waals surface area contributed by atoms with Gasteiger partial charge in [0, 0.05) is 6.54 Å². The molecule has 1 aromatic heterocycles. The summed E-state index contributed by atoms with van der Waals surface area (Å²) in [6.07, 6.45) is 3.52. The number of nitrogens with zero attached hydrogens (tertiary/aromatic N) is 2. The highest BCUT2D eigenvalue weighted by Crippen LogP contribution is 2.32. The number of likely N-dealkylation sites (tertiary alicyclic amines) is 1. The molecule has 3 nitrogen and oxygen atoms in total. The van der Waals surface area contributed by atoms with E-state index in [1.54, 1.807) is 6.07 Å². The molecular formula is C21H24FN3. The van der Waals surface area contributed by atoms with Gasteiger partial charge in [-0.25, -0.2) is 9.37 Å². The molecule has 2 heterocycles.